The molecule has 0 fully saturated rings. The number of nitrogens with one attached hydrogen (secondary N) is 1. The maximum atomic E-state index is 13.7. The minimum Gasteiger partial charge on any atom is -0.354 e. The van der Waals surface area contributed by atoms with Crippen LogP contribution in [0.2, 0.25) is 10.0 Å². The Bertz CT molecular complexity index is 1120. The number of amides is 2. The number of aryl methyl sites for hydroxylation is 1. The van der Waals surface area contributed by atoms with Crippen molar-refractivity contribution in [3.8, 4) is 0 Å². The number of sulfonamides is 1. The van der Waals surface area contributed by atoms with Gasteiger partial charge in [0.2, 0.25) is 21.8 Å². The second-order valence-corrected chi connectivity index (χ2v) is 11.2. The summed E-state index contributed by atoms with van der Waals surface area (Å²) < 4.78 is 26.3. The van der Waals surface area contributed by atoms with Crippen LogP contribution in [0.1, 0.15) is 44.2 Å². The van der Waals surface area contributed by atoms with Crippen LogP contribution in [0.15, 0.2) is 42.5 Å². The van der Waals surface area contributed by atoms with E-state index < -0.39 is 28.5 Å². The molecule has 0 aliphatic carbocycles. The lowest BCUT2D eigenvalue weighted by Crippen LogP contribution is -2.52. The first-order valence-corrected chi connectivity index (χ1v) is 14.1. The van der Waals surface area contributed by atoms with Crippen molar-refractivity contribution in [3.63, 3.8) is 0 Å². The number of carbonyl (C=O) groups is 2. The molecule has 10 heteroatoms. The minimum absolute atomic E-state index is 0.166. The van der Waals surface area contributed by atoms with Gasteiger partial charge < -0.3 is 10.2 Å². The molecule has 192 valence electrons. The van der Waals surface area contributed by atoms with Gasteiger partial charge in [0.1, 0.15) is 12.6 Å². The van der Waals surface area contributed by atoms with Crippen LogP contribution < -0.4 is 9.62 Å². The highest BCUT2D eigenvalue weighted by Crippen LogP contribution is 2.27. The van der Waals surface area contributed by atoms with Crippen molar-refractivity contribution in [1.29, 1.82) is 0 Å². The van der Waals surface area contributed by atoms with E-state index >= 15 is 0 Å². The third kappa shape index (κ3) is 8.40. The Morgan fingerprint density at radius 3 is 2.23 bits per heavy atom. The molecule has 1 N–H and O–H groups in total. The van der Waals surface area contributed by atoms with Gasteiger partial charge in [0.25, 0.3) is 0 Å². The van der Waals surface area contributed by atoms with Gasteiger partial charge in [0, 0.05) is 23.1 Å². The molecule has 35 heavy (non-hydrogen) atoms. The molecule has 0 bridgehead atoms. The number of unbranched alkanes of at least 4 members (excludes halogenated alkanes) is 1. The molecule has 2 aromatic carbocycles. The predicted octanol–water partition coefficient (Wildman–Crippen LogP) is 4.79. The van der Waals surface area contributed by atoms with Crippen molar-refractivity contribution in [2.45, 2.75) is 52.6 Å². The van der Waals surface area contributed by atoms with Crippen LogP contribution in [-0.2, 0) is 26.2 Å². The van der Waals surface area contributed by atoms with Crippen LogP contribution in [0.5, 0.6) is 0 Å². The lowest BCUT2D eigenvalue weighted by atomic mass is 10.1. The van der Waals surface area contributed by atoms with Gasteiger partial charge in [0.15, 0.2) is 0 Å². The number of hydrogen-bond donors (Lipinski definition) is 1. The summed E-state index contributed by atoms with van der Waals surface area (Å²) in [6, 6.07) is 11.2. The molecule has 1 atom stereocenters. The fraction of sp³-hybridized carbons (Fsp3) is 0.440. The highest BCUT2D eigenvalue weighted by molar-refractivity contribution is 7.92. The third-order valence-corrected chi connectivity index (χ3v) is 7.21. The Kier molecular flexibility index (Phi) is 10.9. The predicted molar refractivity (Wildman–Crippen MR) is 142 cm³/mol. The zero-order valence-corrected chi connectivity index (χ0v) is 22.9. The highest BCUT2D eigenvalue weighted by atomic mass is 35.5. The molecule has 0 heterocycles. The molecule has 2 aromatic rings. The molecule has 0 saturated heterocycles. The second kappa shape index (κ2) is 13.1. The fourth-order valence-corrected chi connectivity index (χ4v) is 5.04. The van der Waals surface area contributed by atoms with Crippen LogP contribution in [0.25, 0.3) is 0 Å². The molecule has 0 spiro atoms. The largest absolute Gasteiger partial charge is 0.354 e. The van der Waals surface area contributed by atoms with E-state index in [4.69, 9.17) is 23.2 Å². The summed E-state index contributed by atoms with van der Waals surface area (Å²) >= 11 is 12.2. The van der Waals surface area contributed by atoms with E-state index in [0.29, 0.717) is 13.0 Å². The maximum absolute atomic E-state index is 13.7. The Labute approximate surface area is 218 Å². The standard InChI is InChI=1S/C25H33Cl2N3O4S/c1-5-7-12-28-25(32)23(6-2)29(16-19-11-9-8-10-18(19)3)24(31)17-30(35(4,33)34)22-14-20(26)13-21(27)15-22/h8-11,13-15,23H,5-7,12,16-17H2,1-4H3,(H,28,32)/t23-/m0/s1. The highest BCUT2D eigenvalue weighted by Gasteiger charge is 2.32. The summed E-state index contributed by atoms with van der Waals surface area (Å²) in [6.07, 6.45) is 3.13. The lowest BCUT2D eigenvalue weighted by molar-refractivity contribution is -0.140. The molecular weight excluding hydrogens is 509 g/mol. The van der Waals surface area contributed by atoms with Gasteiger partial charge in [-0.15, -0.1) is 0 Å². The average Bonchev–Trinajstić information content (AvgIpc) is 2.77. The number of anilines is 1. The van der Waals surface area contributed by atoms with Crippen LogP contribution in [0.4, 0.5) is 5.69 Å². The van der Waals surface area contributed by atoms with E-state index in [1.807, 2.05) is 45.0 Å². The van der Waals surface area contributed by atoms with E-state index in [0.717, 1.165) is 34.5 Å². The molecule has 0 radical (unpaired) electrons. The molecule has 0 aliphatic heterocycles. The van der Waals surface area contributed by atoms with Crippen LogP contribution in [-0.4, -0.2) is 50.5 Å². The van der Waals surface area contributed by atoms with Crippen LogP contribution in [0, 0.1) is 6.92 Å². The smallest absolute Gasteiger partial charge is 0.244 e. The van der Waals surface area contributed by atoms with E-state index in [1.54, 1.807) is 0 Å². The monoisotopic (exact) mass is 541 g/mol. The Morgan fingerprint density at radius 1 is 1.06 bits per heavy atom. The Morgan fingerprint density at radius 2 is 1.69 bits per heavy atom. The second-order valence-electron chi connectivity index (χ2n) is 8.41. The molecule has 7 nitrogen and oxygen atoms in total. The number of nitrogens with zero attached hydrogens (tertiary/aromatic N) is 2. The molecular formula is C25H33Cl2N3O4S. The third-order valence-electron chi connectivity index (χ3n) is 5.63. The first-order valence-electron chi connectivity index (χ1n) is 11.5. The van der Waals surface area contributed by atoms with E-state index in [1.165, 1.54) is 23.1 Å². The zero-order chi connectivity index (χ0) is 26.2. The summed E-state index contributed by atoms with van der Waals surface area (Å²) in [7, 11) is -3.86. The lowest BCUT2D eigenvalue weighted by Gasteiger charge is -2.33. The van der Waals surface area contributed by atoms with Crippen molar-refractivity contribution >= 4 is 50.7 Å². The molecule has 2 amide bonds. The van der Waals surface area contributed by atoms with Gasteiger partial charge in [-0.05, 0) is 49.1 Å². The van der Waals surface area contributed by atoms with Crippen molar-refractivity contribution < 1.29 is 18.0 Å². The summed E-state index contributed by atoms with van der Waals surface area (Å²) in [5.74, 6) is -0.771. The Balaban J connectivity index is 2.45. The van der Waals surface area contributed by atoms with Gasteiger partial charge in [-0.1, -0.05) is 67.7 Å². The summed E-state index contributed by atoms with van der Waals surface area (Å²) in [4.78, 5) is 28.2. The van der Waals surface area contributed by atoms with Crippen molar-refractivity contribution in [3.05, 3.63) is 63.6 Å². The van der Waals surface area contributed by atoms with Gasteiger partial charge in [-0.25, -0.2) is 8.42 Å². The fourth-order valence-electron chi connectivity index (χ4n) is 3.69. The van der Waals surface area contributed by atoms with Crippen molar-refractivity contribution in [1.82, 2.24) is 10.2 Å². The maximum Gasteiger partial charge on any atom is 0.244 e. The molecule has 2 rings (SSSR count). The number of halogens is 2. The summed E-state index contributed by atoms with van der Waals surface area (Å²) in [6.45, 7) is 5.96. The number of rotatable bonds is 12. The van der Waals surface area contributed by atoms with Crippen molar-refractivity contribution in [2.24, 2.45) is 0 Å². The number of hydrogen-bond acceptors (Lipinski definition) is 4. The van der Waals surface area contributed by atoms with Gasteiger partial charge in [0.05, 0.1) is 11.9 Å². The zero-order valence-electron chi connectivity index (χ0n) is 20.6. The van der Waals surface area contributed by atoms with Crippen molar-refractivity contribution in [2.75, 3.05) is 23.7 Å². The van der Waals surface area contributed by atoms with E-state index in [2.05, 4.69) is 5.32 Å². The van der Waals surface area contributed by atoms with Gasteiger partial charge in [-0.2, -0.15) is 0 Å². The van der Waals surface area contributed by atoms with Crippen LogP contribution >= 0.6 is 23.2 Å². The average molecular weight is 543 g/mol. The quantitative estimate of drug-likeness (QED) is 0.391. The topological polar surface area (TPSA) is 86.8 Å². The Hall–Kier alpha value is -2.29. The molecule has 0 saturated carbocycles. The molecule has 0 aliphatic rings. The first kappa shape index (κ1) is 28.9. The molecule has 0 unspecified atom stereocenters. The normalized spacial score (nSPS) is 12.2. The van der Waals surface area contributed by atoms with Gasteiger partial charge >= 0.3 is 0 Å². The van der Waals surface area contributed by atoms with E-state index in [9.17, 15) is 18.0 Å². The van der Waals surface area contributed by atoms with Crippen LogP contribution in [0.3, 0.4) is 0 Å². The van der Waals surface area contributed by atoms with E-state index in [-0.39, 0.29) is 28.2 Å². The number of benzene rings is 2. The number of carbonyl (C=O) groups excluding carboxylic acids is 2. The SMILES string of the molecule is CCCCNC(=O)[C@H](CC)N(Cc1ccccc1C)C(=O)CN(c1cc(Cl)cc(Cl)c1)S(C)(=O)=O. The first-order chi connectivity index (χ1) is 16.5. The summed E-state index contributed by atoms with van der Waals surface area (Å²) in [5, 5.41) is 3.39. The minimum atomic E-state index is -3.86. The molecule has 0 aromatic heterocycles. The summed E-state index contributed by atoms with van der Waals surface area (Å²) in [5.41, 5.74) is 2.01. The van der Waals surface area contributed by atoms with Gasteiger partial charge in [-0.3, -0.25) is 13.9 Å².